The Labute approximate surface area is 100 Å². The summed E-state index contributed by atoms with van der Waals surface area (Å²) in [5, 5.41) is 2.88. The van der Waals surface area contributed by atoms with Crippen LogP contribution in [0.5, 0.6) is 0 Å². The van der Waals surface area contributed by atoms with E-state index in [-0.39, 0.29) is 5.91 Å². The number of nitrogens with two attached hydrogens (primary N) is 1. The van der Waals surface area contributed by atoms with E-state index in [2.05, 4.69) is 10.3 Å². The second-order valence-corrected chi connectivity index (χ2v) is 4.21. The molecule has 1 saturated heterocycles. The van der Waals surface area contributed by atoms with Crippen molar-refractivity contribution in [3.63, 3.8) is 0 Å². The van der Waals surface area contributed by atoms with Gasteiger partial charge in [-0.3, -0.25) is 4.79 Å². The van der Waals surface area contributed by atoms with E-state index in [1.807, 2.05) is 0 Å². The van der Waals surface area contributed by atoms with Gasteiger partial charge >= 0.3 is 0 Å². The summed E-state index contributed by atoms with van der Waals surface area (Å²) in [6.45, 7) is 2.26. The Morgan fingerprint density at radius 3 is 2.94 bits per heavy atom. The van der Waals surface area contributed by atoms with Crippen LogP contribution in [-0.4, -0.2) is 30.6 Å². The van der Waals surface area contributed by atoms with E-state index in [9.17, 15) is 4.79 Å². The van der Waals surface area contributed by atoms with E-state index in [0.717, 1.165) is 26.1 Å². The highest BCUT2D eigenvalue weighted by Gasteiger charge is 2.15. The quantitative estimate of drug-likeness (QED) is 0.813. The zero-order valence-corrected chi connectivity index (χ0v) is 9.69. The Morgan fingerprint density at radius 1 is 1.47 bits per heavy atom. The van der Waals surface area contributed by atoms with Crippen molar-refractivity contribution in [1.82, 2.24) is 10.3 Å². The summed E-state index contributed by atoms with van der Waals surface area (Å²) in [7, 11) is 0. The summed E-state index contributed by atoms with van der Waals surface area (Å²) in [5.74, 6) is 0.710. The molecule has 0 aromatic carbocycles. The molecule has 2 rings (SSSR count). The fourth-order valence-electron chi connectivity index (χ4n) is 1.86. The SMILES string of the molecule is Nc1cccc(C(=O)NCC2CCOCC2)n1. The summed E-state index contributed by atoms with van der Waals surface area (Å²) in [6, 6.07) is 5.05. The number of anilines is 1. The number of ether oxygens (including phenoxy) is 1. The molecule has 1 amide bonds. The van der Waals surface area contributed by atoms with Gasteiger partial charge in [0.1, 0.15) is 11.5 Å². The highest BCUT2D eigenvalue weighted by molar-refractivity contribution is 5.92. The van der Waals surface area contributed by atoms with Crippen molar-refractivity contribution in [2.24, 2.45) is 5.92 Å². The number of nitrogens with zero attached hydrogens (tertiary/aromatic N) is 1. The summed E-state index contributed by atoms with van der Waals surface area (Å²) < 4.78 is 5.27. The number of pyridine rings is 1. The van der Waals surface area contributed by atoms with Gasteiger partial charge in [0.25, 0.3) is 5.91 Å². The first-order valence-corrected chi connectivity index (χ1v) is 5.84. The predicted molar refractivity (Wildman–Crippen MR) is 64.5 cm³/mol. The van der Waals surface area contributed by atoms with Crippen LogP contribution in [0.25, 0.3) is 0 Å². The van der Waals surface area contributed by atoms with Gasteiger partial charge in [-0.25, -0.2) is 4.98 Å². The molecule has 1 aromatic heterocycles. The van der Waals surface area contributed by atoms with Crippen molar-refractivity contribution in [3.8, 4) is 0 Å². The zero-order valence-electron chi connectivity index (χ0n) is 9.69. The van der Waals surface area contributed by atoms with Crippen LogP contribution in [0.4, 0.5) is 5.82 Å². The third kappa shape index (κ3) is 3.42. The van der Waals surface area contributed by atoms with E-state index < -0.39 is 0 Å². The minimum Gasteiger partial charge on any atom is -0.384 e. The molecule has 3 N–H and O–H groups in total. The molecule has 0 bridgehead atoms. The first-order chi connectivity index (χ1) is 8.25. The third-order valence-electron chi connectivity index (χ3n) is 2.90. The van der Waals surface area contributed by atoms with Crippen molar-refractivity contribution >= 4 is 11.7 Å². The van der Waals surface area contributed by atoms with Crippen LogP contribution in [0.1, 0.15) is 23.3 Å². The molecule has 17 heavy (non-hydrogen) atoms. The lowest BCUT2D eigenvalue weighted by Gasteiger charge is -2.22. The lowest BCUT2D eigenvalue weighted by Crippen LogP contribution is -2.32. The number of nitrogen functional groups attached to an aromatic ring is 1. The molecule has 1 aromatic rings. The summed E-state index contributed by atoms with van der Waals surface area (Å²) >= 11 is 0. The average molecular weight is 235 g/mol. The first-order valence-electron chi connectivity index (χ1n) is 5.84. The Morgan fingerprint density at radius 2 is 2.24 bits per heavy atom. The third-order valence-corrected chi connectivity index (χ3v) is 2.90. The molecule has 0 saturated carbocycles. The first kappa shape index (κ1) is 11.9. The lowest BCUT2D eigenvalue weighted by atomic mass is 10.0. The van der Waals surface area contributed by atoms with Gasteiger partial charge in [0.2, 0.25) is 0 Å². The molecule has 5 nitrogen and oxygen atoms in total. The fraction of sp³-hybridized carbons (Fsp3) is 0.500. The van der Waals surface area contributed by atoms with Gasteiger partial charge in [0.15, 0.2) is 0 Å². The van der Waals surface area contributed by atoms with Crippen molar-refractivity contribution in [2.75, 3.05) is 25.5 Å². The van der Waals surface area contributed by atoms with Crippen molar-refractivity contribution in [2.45, 2.75) is 12.8 Å². The molecule has 0 atom stereocenters. The Kier molecular flexibility index (Phi) is 3.93. The molecule has 1 aliphatic heterocycles. The number of carbonyl (C=O) groups is 1. The fourth-order valence-corrected chi connectivity index (χ4v) is 1.86. The van der Waals surface area contributed by atoms with E-state index in [1.165, 1.54) is 0 Å². The van der Waals surface area contributed by atoms with Crippen LogP contribution < -0.4 is 11.1 Å². The smallest absolute Gasteiger partial charge is 0.269 e. The van der Waals surface area contributed by atoms with Gasteiger partial charge in [-0.2, -0.15) is 0 Å². The van der Waals surface area contributed by atoms with Crippen LogP contribution in [0.2, 0.25) is 0 Å². The average Bonchev–Trinajstić information content (AvgIpc) is 2.37. The number of amides is 1. The maximum absolute atomic E-state index is 11.8. The summed E-state index contributed by atoms with van der Waals surface area (Å²) in [6.07, 6.45) is 2.01. The molecule has 92 valence electrons. The minimum atomic E-state index is -0.163. The number of rotatable bonds is 3. The van der Waals surface area contributed by atoms with Crippen molar-refractivity contribution in [1.29, 1.82) is 0 Å². The molecule has 0 aliphatic carbocycles. The molecular formula is C12H17N3O2. The molecule has 5 heteroatoms. The Bertz CT molecular complexity index is 389. The van der Waals surface area contributed by atoms with Crippen molar-refractivity contribution < 1.29 is 9.53 Å². The van der Waals surface area contributed by atoms with E-state index >= 15 is 0 Å². The Hall–Kier alpha value is -1.62. The predicted octanol–water partition coefficient (Wildman–Crippen LogP) is 0.820. The minimum absolute atomic E-state index is 0.163. The van der Waals surface area contributed by atoms with Crippen LogP contribution >= 0.6 is 0 Å². The van der Waals surface area contributed by atoms with Gasteiger partial charge in [-0.05, 0) is 30.9 Å². The van der Waals surface area contributed by atoms with Crippen LogP contribution in [0, 0.1) is 5.92 Å². The Balaban J connectivity index is 1.84. The van der Waals surface area contributed by atoms with E-state index in [4.69, 9.17) is 10.5 Å². The molecule has 0 spiro atoms. The van der Waals surface area contributed by atoms with Gasteiger partial charge < -0.3 is 15.8 Å². The monoisotopic (exact) mass is 235 g/mol. The number of aromatic nitrogens is 1. The summed E-state index contributed by atoms with van der Waals surface area (Å²) in [5.41, 5.74) is 5.90. The van der Waals surface area contributed by atoms with Crippen LogP contribution in [0.15, 0.2) is 18.2 Å². The maximum Gasteiger partial charge on any atom is 0.269 e. The molecule has 2 heterocycles. The van der Waals surface area contributed by atoms with Gasteiger partial charge in [-0.15, -0.1) is 0 Å². The number of hydrogen-bond donors (Lipinski definition) is 2. The second kappa shape index (κ2) is 5.63. The summed E-state index contributed by atoms with van der Waals surface area (Å²) in [4.78, 5) is 15.8. The topological polar surface area (TPSA) is 77.2 Å². The molecule has 0 unspecified atom stereocenters. The lowest BCUT2D eigenvalue weighted by molar-refractivity contribution is 0.0642. The van der Waals surface area contributed by atoms with Crippen LogP contribution in [-0.2, 0) is 4.74 Å². The highest BCUT2D eigenvalue weighted by atomic mass is 16.5. The van der Waals surface area contributed by atoms with Gasteiger partial charge in [-0.1, -0.05) is 6.07 Å². The molecular weight excluding hydrogens is 218 g/mol. The normalized spacial score (nSPS) is 16.7. The van der Waals surface area contributed by atoms with Gasteiger partial charge in [0.05, 0.1) is 0 Å². The molecule has 0 radical (unpaired) electrons. The maximum atomic E-state index is 11.8. The van der Waals surface area contributed by atoms with Crippen LogP contribution in [0.3, 0.4) is 0 Å². The van der Waals surface area contributed by atoms with Gasteiger partial charge in [0, 0.05) is 19.8 Å². The standard InChI is InChI=1S/C12H17N3O2/c13-11-3-1-2-10(15-11)12(16)14-8-9-4-6-17-7-5-9/h1-3,9H,4-8H2,(H2,13,15)(H,14,16). The second-order valence-electron chi connectivity index (χ2n) is 4.21. The number of nitrogens with one attached hydrogen (secondary N) is 1. The van der Waals surface area contributed by atoms with E-state index in [1.54, 1.807) is 18.2 Å². The highest BCUT2D eigenvalue weighted by Crippen LogP contribution is 2.13. The zero-order chi connectivity index (χ0) is 12.1. The van der Waals surface area contributed by atoms with Crippen molar-refractivity contribution in [3.05, 3.63) is 23.9 Å². The molecule has 1 fully saturated rings. The number of hydrogen-bond acceptors (Lipinski definition) is 4. The largest absolute Gasteiger partial charge is 0.384 e. The van der Waals surface area contributed by atoms with E-state index in [0.29, 0.717) is 24.0 Å². The number of carbonyl (C=O) groups excluding carboxylic acids is 1. The molecule has 1 aliphatic rings.